The highest BCUT2D eigenvalue weighted by atomic mass is 16.7. The van der Waals surface area contributed by atoms with E-state index in [9.17, 15) is 0 Å². The summed E-state index contributed by atoms with van der Waals surface area (Å²) in [6, 6.07) is 10.0. The van der Waals surface area contributed by atoms with Gasteiger partial charge < -0.3 is 9.47 Å². The molecule has 0 aliphatic carbocycles. The van der Waals surface area contributed by atoms with Gasteiger partial charge >= 0.3 is 0 Å². The molecule has 0 fully saturated rings. The van der Waals surface area contributed by atoms with Gasteiger partial charge in [0.15, 0.2) is 0 Å². The molecule has 0 bridgehead atoms. The van der Waals surface area contributed by atoms with Crippen LogP contribution >= 0.6 is 0 Å². The minimum atomic E-state index is -0.446. The molecule has 4 nitrogen and oxygen atoms in total. The molecular weight excluding hydrogens is 240 g/mol. The predicted molar refractivity (Wildman–Crippen MR) is 72.8 cm³/mol. The van der Waals surface area contributed by atoms with Gasteiger partial charge in [-0.05, 0) is 24.1 Å². The molecule has 1 aromatic heterocycles. The van der Waals surface area contributed by atoms with Gasteiger partial charge in [0.1, 0.15) is 5.82 Å². The zero-order valence-electron chi connectivity index (χ0n) is 11.5. The molecule has 0 aliphatic heterocycles. The van der Waals surface area contributed by atoms with Gasteiger partial charge in [-0.1, -0.05) is 24.3 Å². The molecule has 1 aromatic carbocycles. The number of benzene rings is 1. The first-order valence-electron chi connectivity index (χ1n) is 6.16. The molecule has 0 spiro atoms. The minimum Gasteiger partial charge on any atom is -0.350 e. The van der Waals surface area contributed by atoms with Gasteiger partial charge in [0.25, 0.3) is 0 Å². The molecule has 0 amide bonds. The molecule has 1 heterocycles. The Morgan fingerprint density at radius 3 is 2.53 bits per heavy atom. The van der Waals surface area contributed by atoms with Crippen LogP contribution in [0.5, 0.6) is 0 Å². The summed E-state index contributed by atoms with van der Waals surface area (Å²) < 4.78 is 10.4. The predicted octanol–water partition coefficient (Wildman–Crippen LogP) is 2.67. The quantitative estimate of drug-likeness (QED) is 0.773. The maximum absolute atomic E-state index is 5.20. The fourth-order valence-electron chi connectivity index (χ4n) is 1.95. The zero-order chi connectivity index (χ0) is 13.7. The van der Waals surface area contributed by atoms with E-state index >= 15 is 0 Å². The van der Waals surface area contributed by atoms with E-state index in [0.29, 0.717) is 6.42 Å². The first-order chi connectivity index (χ1) is 9.24. The molecule has 19 heavy (non-hydrogen) atoms. The van der Waals surface area contributed by atoms with Crippen molar-refractivity contribution in [2.45, 2.75) is 19.6 Å². The van der Waals surface area contributed by atoms with Crippen molar-refractivity contribution in [1.82, 2.24) is 9.97 Å². The lowest BCUT2D eigenvalue weighted by atomic mass is 10.1. The van der Waals surface area contributed by atoms with E-state index in [1.807, 2.05) is 12.1 Å². The number of aromatic nitrogens is 2. The molecule has 0 radical (unpaired) electrons. The van der Waals surface area contributed by atoms with Gasteiger partial charge in [-0.15, -0.1) is 0 Å². The number of methoxy groups -OCH3 is 2. The summed E-state index contributed by atoms with van der Waals surface area (Å²) in [5.74, 6) is 0.769. The Balaban J connectivity index is 2.22. The Morgan fingerprint density at radius 1 is 1.11 bits per heavy atom. The number of hydrogen-bond acceptors (Lipinski definition) is 4. The summed E-state index contributed by atoms with van der Waals surface area (Å²) in [6.45, 7) is 2.09. The van der Waals surface area contributed by atoms with E-state index in [-0.39, 0.29) is 0 Å². The summed E-state index contributed by atoms with van der Waals surface area (Å²) in [4.78, 5) is 8.79. The maximum Gasteiger partial charge on any atom is 0.200 e. The second kappa shape index (κ2) is 6.41. The molecule has 0 atom stereocenters. The highest BCUT2D eigenvalue weighted by Crippen LogP contribution is 2.16. The number of rotatable bonds is 5. The molecule has 2 rings (SSSR count). The summed E-state index contributed by atoms with van der Waals surface area (Å²) in [5.41, 5.74) is 3.21. The molecule has 100 valence electrons. The third-order valence-electron chi connectivity index (χ3n) is 3.01. The zero-order valence-corrected chi connectivity index (χ0v) is 11.5. The monoisotopic (exact) mass is 258 g/mol. The van der Waals surface area contributed by atoms with E-state index in [0.717, 1.165) is 11.5 Å². The number of nitrogens with zero attached hydrogens (tertiary/aromatic N) is 2. The van der Waals surface area contributed by atoms with Crippen LogP contribution in [0, 0.1) is 6.92 Å². The fraction of sp³-hybridized carbons (Fsp3) is 0.333. The van der Waals surface area contributed by atoms with Gasteiger partial charge in [0.2, 0.25) is 6.29 Å². The van der Waals surface area contributed by atoms with Crippen LogP contribution in [0.15, 0.2) is 36.5 Å². The average molecular weight is 258 g/mol. The van der Waals surface area contributed by atoms with Crippen molar-refractivity contribution < 1.29 is 9.47 Å². The van der Waals surface area contributed by atoms with E-state index in [1.54, 1.807) is 26.5 Å². The first kappa shape index (κ1) is 13.6. The molecule has 0 saturated heterocycles. The van der Waals surface area contributed by atoms with Crippen molar-refractivity contribution in [3.8, 4) is 0 Å². The Bertz CT molecular complexity index is 539. The van der Waals surface area contributed by atoms with Crippen LogP contribution in [0.25, 0.3) is 0 Å². The average Bonchev–Trinajstić information content (AvgIpc) is 2.43. The van der Waals surface area contributed by atoms with Crippen molar-refractivity contribution in [2.75, 3.05) is 14.2 Å². The Kier molecular flexibility index (Phi) is 4.60. The van der Waals surface area contributed by atoms with Crippen molar-refractivity contribution in [1.29, 1.82) is 0 Å². The lowest BCUT2D eigenvalue weighted by molar-refractivity contribution is -0.108. The fourth-order valence-corrected chi connectivity index (χ4v) is 1.95. The van der Waals surface area contributed by atoms with E-state index in [4.69, 9.17) is 9.47 Å². The summed E-state index contributed by atoms with van der Waals surface area (Å²) in [7, 11) is 3.19. The third-order valence-corrected chi connectivity index (χ3v) is 3.01. The van der Waals surface area contributed by atoms with Crippen molar-refractivity contribution >= 4 is 0 Å². The summed E-state index contributed by atoms with van der Waals surface area (Å²) in [6.07, 6.45) is 2.00. The molecule has 0 unspecified atom stereocenters. The highest BCUT2D eigenvalue weighted by molar-refractivity contribution is 5.28. The number of ether oxygens (including phenoxy) is 2. The van der Waals surface area contributed by atoms with Crippen LogP contribution < -0.4 is 0 Å². The lowest BCUT2D eigenvalue weighted by Crippen LogP contribution is -2.09. The minimum absolute atomic E-state index is 0.446. The van der Waals surface area contributed by atoms with Crippen LogP contribution in [-0.2, 0) is 15.9 Å². The van der Waals surface area contributed by atoms with Crippen LogP contribution in [0.4, 0.5) is 0 Å². The van der Waals surface area contributed by atoms with Crippen LogP contribution in [-0.4, -0.2) is 24.2 Å². The largest absolute Gasteiger partial charge is 0.350 e. The van der Waals surface area contributed by atoms with E-state index < -0.39 is 6.29 Å². The smallest absolute Gasteiger partial charge is 0.200 e. The highest BCUT2D eigenvalue weighted by Gasteiger charge is 2.12. The molecule has 2 aromatic rings. The van der Waals surface area contributed by atoms with E-state index in [1.165, 1.54) is 11.1 Å². The van der Waals surface area contributed by atoms with Crippen LogP contribution in [0.1, 0.15) is 28.9 Å². The van der Waals surface area contributed by atoms with Gasteiger partial charge in [0.05, 0.1) is 5.69 Å². The normalized spacial score (nSPS) is 10.9. The molecule has 0 saturated carbocycles. The summed E-state index contributed by atoms with van der Waals surface area (Å²) >= 11 is 0. The Morgan fingerprint density at radius 2 is 1.84 bits per heavy atom. The third kappa shape index (κ3) is 3.36. The Hall–Kier alpha value is -1.78. The van der Waals surface area contributed by atoms with E-state index in [2.05, 4.69) is 29.0 Å². The van der Waals surface area contributed by atoms with Gasteiger partial charge in [0, 0.05) is 26.8 Å². The lowest BCUT2D eigenvalue weighted by Gasteiger charge is -2.13. The summed E-state index contributed by atoms with van der Waals surface area (Å²) in [5, 5.41) is 0. The second-order valence-corrected chi connectivity index (χ2v) is 4.30. The topological polar surface area (TPSA) is 44.2 Å². The molecule has 0 aliphatic rings. The molecule has 0 N–H and O–H groups in total. The maximum atomic E-state index is 5.20. The van der Waals surface area contributed by atoms with Crippen molar-refractivity contribution in [3.05, 3.63) is 59.2 Å². The molecule has 4 heteroatoms. The SMILES string of the molecule is COC(OC)c1ccnc(Cc2ccccc2C)n1. The number of hydrogen-bond donors (Lipinski definition) is 0. The van der Waals surface area contributed by atoms with Gasteiger partial charge in [-0.25, -0.2) is 9.97 Å². The van der Waals surface area contributed by atoms with Crippen LogP contribution in [0.2, 0.25) is 0 Å². The number of aryl methyl sites for hydroxylation is 1. The standard InChI is InChI=1S/C15H18N2O2/c1-11-6-4-5-7-12(11)10-14-16-9-8-13(17-14)15(18-2)19-3/h4-9,15H,10H2,1-3H3. The van der Waals surface area contributed by atoms with Crippen molar-refractivity contribution in [3.63, 3.8) is 0 Å². The van der Waals surface area contributed by atoms with Crippen molar-refractivity contribution in [2.24, 2.45) is 0 Å². The molecular formula is C15H18N2O2. The van der Waals surface area contributed by atoms with Gasteiger partial charge in [-0.3, -0.25) is 0 Å². The van der Waals surface area contributed by atoms with Crippen LogP contribution in [0.3, 0.4) is 0 Å². The van der Waals surface area contributed by atoms with Gasteiger partial charge in [-0.2, -0.15) is 0 Å². The second-order valence-electron chi connectivity index (χ2n) is 4.30. The first-order valence-corrected chi connectivity index (χ1v) is 6.16. The Labute approximate surface area is 113 Å².